The molecule has 44 heavy (non-hydrogen) atoms. The van der Waals surface area contributed by atoms with Crippen molar-refractivity contribution in [3.05, 3.63) is 142 Å². The largest absolute Gasteiger partial charge is 0.395 e. The van der Waals surface area contributed by atoms with Gasteiger partial charge in [-0.05, 0) is 53.3 Å². The Morgan fingerprint density at radius 3 is 2.14 bits per heavy atom. The maximum absolute atomic E-state index is 14.0. The van der Waals surface area contributed by atoms with E-state index >= 15 is 0 Å². The van der Waals surface area contributed by atoms with Crippen molar-refractivity contribution < 1.29 is 14.7 Å². The maximum Gasteiger partial charge on any atom is 0.254 e. The van der Waals surface area contributed by atoms with Gasteiger partial charge in [-0.1, -0.05) is 91.0 Å². The zero-order valence-electron chi connectivity index (χ0n) is 24.4. The standard InChI is InChI=1S/C37H33N3O3S/c1-37(21-31-27-11-5-7-13-29(27)33(37)30-14-8-6-12-28(30)31)35(43)39-36-38-32(23-44-36)25-15-17-26(18-16-25)34(42)40(19-20-41)22-24-9-3-2-4-10-24/h2-18,23,31,33,41H,19-22H2,1H3,(H,38,39,43). The van der Waals surface area contributed by atoms with Gasteiger partial charge in [-0.3, -0.25) is 9.59 Å². The molecule has 2 amide bonds. The van der Waals surface area contributed by atoms with Gasteiger partial charge < -0.3 is 15.3 Å². The third kappa shape index (κ3) is 4.92. The minimum Gasteiger partial charge on any atom is -0.395 e. The van der Waals surface area contributed by atoms with Crippen LogP contribution in [-0.2, 0) is 11.3 Å². The van der Waals surface area contributed by atoms with Gasteiger partial charge in [-0.15, -0.1) is 11.3 Å². The number of amides is 2. The van der Waals surface area contributed by atoms with Gasteiger partial charge in [0.2, 0.25) is 5.91 Å². The van der Waals surface area contributed by atoms with E-state index in [-0.39, 0.29) is 36.8 Å². The smallest absolute Gasteiger partial charge is 0.254 e. The highest BCUT2D eigenvalue weighted by molar-refractivity contribution is 7.14. The van der Waals surface area contributed by atoms with E-state index in [4.69, 9.17) is 4.98 Å². The van der Waals surface area contributed by atoms with E-state index in [9.17, 15) is 14.7 Å². The van der Waals surface area contributed by atoms with Gasteiger partial charge in [0, 0.05) is 41.4 Å². The number of carbonyl (C=O) groups is 2. The molecule has 0 saturated carbocycles. The summed E-state index contributed by atoms with van der Waals surface area (Å²) in [4.78, 5) is 33.7. The second-order valence-corrected chi connectivity index (χ2v) is 12.7. The van der Waals surface area contributed by atoms with E-state index in [2.05, 4.69) is 60.8 Å². The SMILES string of the molecule is CC1(C(=O)Nc2nc(-c3ccc(C(=O)N(CCO)Cc4ccccc4)cc3)cs2)CC2c3ccccc3C1c1ccccc12. The summed E-state index contributed by atoms with van der Waals surface area (Å²) in [5.74, 6) is 0.0218. The summed E-state index contributed by atoms with van der Waals surface area (Å²) < 4.78 is 0. The molecular formula is C37H33N3O3S. The zero-order chi connectivity index (χ0) is 30.3. The summed E-state index contributed by atoms with van der Waals surface area (Å²) >= 11 is 1.40. The second-order valence-electron chi connectivity index (χ2n) is 11.9. The normalized spacial score (nSPS) is 19.6. The summed E-state index contributed by atoms with van der Waals surface area (Å²) in [7, 11) is 0. The number of nitrogens with one attached hydrogen (secondary N) is 1. The highest BCUT2D eigenvalue weighted by Crippen LogP contribution is 2.61. The molecule has 2 N–H and O–H groups in total. The lowest BCUT2D eigenvalue weighted by Crippen LogP contribution is -2.47. The molecule has 3 aliphatic rings. The fourth-order valence-electron chi connectivity index (χ4n) is 7.04. The van der Waals surface area contributed by atoms with Gasteiger partial charge in [0.1, 0.15) is 0 Å². The number of fused-ring (bicyclic) bond motifs is 1. The Morgan fingerprint density at radius 1 is 0.886 bits per heavy atom. The number of anilines is 1. The average Bonchev–Trinajstić information content (AvgIpc) is 3.53. The molecule has 0 spiro atoms. The number of nitrogens with zero attached hydrogens (tertiary/aromatic N) is 2. The van der Waals surface area contributed by atoms with Crippen LogP contribution in [0.15, 0.2) is 109 Å². The molecule has 8 rings (SSSR count). The minimum atomic E-state index is -0.610. The van der Waals surface area contributed by atoms with E-state index in [0.717, 1.165) is 23.2 Å². The number of rotatable bonds is 8. The van der Waals surface area contributed by atoms with Crippen molar-refractivity contribution in [2.75, 3.05) is 18.5 Å². The highest BCUT2D eigenvalue weighted by atomic mass is 32.1. The molecule has 1 atom stereocenters. The number of hydrogen-bond acceptors (Lipinski definition) is 5. The van der Waals surface area contributed by atoms with Crippen LogP contribution in [0.3, 0.4) is 0 Å². The van der Waals surface area contributed by atoms with E-state index < -0.39 is 5.41 Å². The monoisotopic (exact) mass is 599 g/mol. The molecule has 0 aliphatic heterocycles. The van der Waals surface area contributed by atoms with Crippen molar-refractivity contribution in [3.63, 3.8) is 0 Å². The number of thiazole rings is 1. The summed E-state index contributed by atoms with van der Waals surface area (Å²) in [5.41, 5.74) is 7.70. The third-order valence-electron chi connectivity index (χ3n) is 9.17. The minimum absolute atomic E-state index is 0.0132. The first kappa shape index (κ1) is 28.2. The summed E-state index contributed by atoms with van der Waals surface area (Å²) in [6.07, 6.45) is 0.753. The van der Waals surface area contributed by atoms with E-state index in [0.29, 0.717) is 17.2 Å². The first-order valence-electron chi connectivity index (χ1n) is 15.0. The quantitative estimate of drug-likeness (QED) is 0.200. The van der Waals surface area contributed by atoms with Crippen molar-refractivity contribution in [3.8, 4) is 11.3 Å². The Bertz CT molecular complexity index is 1790. The van der Waals surface area contributed by atoms with Gasteiger partial charge in [-0.2, -0.15) is 0 Å². The van der Waals surface area contributed by atoms with Crippen LogP contribution in [0.1, 0.15) is 63.4 Å². The van der Waals surface area contributed by atoms with Crippen LogP contribution in [0.25, 0.3) is 11.3 Å². The summed E-state index contributed by atoms with van der Waals surface area (Å²) in [5, 5.41) is 15.2. The molecule has 5 aromatic rings. The average molecular weight is 600 g/mol. The lowest BCUT2D eigenvalue weighted by atomic mass is 9.52. The molecule has 1 unspecified atom stereocenters. The van der Waals surface area contributed by atoms with E-state index in [1.165, 1.54) is 33.6 Å². The molecule has 6 nitrogen and oxygen atoms in total. The topological polar surface area (TPSA) is 82.5 Å². The Balaban J connectivity index is 1.08. The molecule has 220 valence electrons. The van der Waals surface area contributed by atoms with Crippen LogP contribution in [0.2, 0.25) is 0 Å². The fraction of sp³-hybridized carbons (Fsp3) is 0.216. The van der Waals surface area contributed by atoms with Crippen LogP contribution in [0.4, 0.5) is 5.13 Å². The Hall–Kier alpha value is -4.59. The zero-order valence-corrected chi connectivity index (χ0v) is 25.3. The van der Waals surface area contributed by atoms with E-state index in [1.807, 2.05) is 47.8 Å². The van der Waals surface area contributed by atoms with Crippen molar-refractivity contribution >= 4 is 28.3 Å². The molecule has 4 aromatic carbocycles. The number of benzene rings is 4. The summed E-state index contributed by atoms with van der Waals surface area (Å²) in [6, 6.07) is 34.2. The Labute approximate surface area is 261 Å². The first-order chi connectivity index (χ1) is 21.5. The van der Waals surface area contributed by atoms with Crippen molar-refractivity contribution in [1.82, 2.24) is 9.88 Å². The van der Waals surface area contributed by atoms with Crippen LogP contribution >= 0.6 is 11.3 Å². The molecule has 2 bridgehead atoms. The van der Waals surface area contributed by atoms with Crippen molar-refractivity contribution in [1.29, 1.82) is 0 Å². The number of aliphatic hydroxyl groups excluding tert-OH is 1. The molecule has 0 saturated heterocycles. The molecule has 7 heteroatoms. The Kier molecular flexibility index (Phi) is 7.36. The molecular weight excluding hydrogens is 566 g/mol. The summed E-state index contributed by atoms with van der Waals surface area (Å²) in [6.45, 7) is 2.66. The Morgan fingerprint density at radius 2 is 1.50 bits per heavy atom. The number of aromatic nitrogens is 1. The van der Waals surface area contributed by atoms with Gasteiger partial charge >= 0.3 is 0 Å². The van der Waals surface area contributed by atoms with Crippen LogP contribution in [-0.4, -0.2) is 40.0 Å². The van der Waals surface area contributed by atoms with E-state index in [1.54, 1.807) is 17.0 Å². The first-order valence-corrected chi connectivity index (χ1v) is 15.8. The van der Waals surface area contributed by atoms with Crippen LogP contribution < -0.4 is 5.32 Å². The lowest BCUT2D eigenvalue weighted by molar-refractivity contribution is -0.126. The fourth-order valence-corrected chi connectivity index (χ4v) is 7.75. The number of hydrogen-bond donors (Lipinski definition) is 2. The predicted molar refractivity (Wildman–Crippen MR) is 174 cm³/mol. The lowest BCUT2D eigenvalue weighted by Gasteiger charge is -2.50. The molecule has 0 radical (unpaired) electrons. The maximum atomic E-state index is 14.0. The number of carbonyl (C=O) groups excluding carboxylic acids is 2. The number of aliphatic hydroxyl groups is 1. The van der Waals surface area contributed by atoms with Crippen molar-refractivity contribution in [2.45, 2.75) is 31.7 Å². The highest BCUT2D eigenvalue weighted by Gasteiger charge is 2.54. The molecule has 1 aromatic heterocycles. The van der Waals surface area contributed by atoms with Crippen LogP contribution in [0.5, 0.6) is 0 Å². The van der Waals surface area contributed by atoms with Gasteiger partial charge in [0.25, 0.3) is 5.91 Å². The molecule has 1 heterocycles. The molecule has 0 fully saturated rings. The second kappa shape index (κ2) is 11.5. The van der Waals surface area contributed by atoms with Gasteiger partial charge in [-0.25, -0.2) is 4.98 Å². The van der Waals surface area contributed by atoms with Crippen molar-refractivity contribution in [2.24, 2.45) is 5.41 Å². The van der Waals surface area contributed by atoms with Gasteiger partial charge in [0.05, 0.1) is 17.7 Å². The molecule has 3 aliphatic carbocycles. The van der Waals surface area contributed by atoms with Gasteiger partial charge in [0.15, 0.2) is 5.13 Å². The van der Waals surface area contributed by atoms with Crippen LogP contribution in [0, 0.1) is 5.41 Å². The predicted octanol–water partition coefficient (Wildman–Crippen LogP) is 7.07. The third-order valence-corrected chi connectivity index (χ3v) is 9.93.